The van der Waals surface area contributed by atoms with Crippen molar-refractivity contribution in [1.82, 2.24) is 15.1 Å². The van der Waals surface area contributed by atoms with E-state index in [-0.39, 0.29) is 29.8 Å². The molecule has 0 spiro atoms. The van der Waals surface area contributed by atoms with E-state index in [0.717, 1.165) is 11.3 Å². The lowest BCUT2D eigenvalue weighted by molar-refractivity contribution is 0.102. The van der Waals surface area contributed by atoms with Gasteiger partial charge in [-0.1, -0.05) is 48.5 Å². The Morgan fingerprint density at radius 2 is 1.68 bits per heavy atom. The molecule has 1 aliphatic heterocycles. The third kappa shape index (κ3) is 5.25. The summed E-state index contributed by atoms with van der Waals surface area (Å²) >= 11 is 0. The Hall–Kier alpha value is -4.58. The number of benzene rings is 3. The molecule has 194 valence electrons. The lowest BCUT2D eigenvalue weighted by Crippen LogP contribution is -2.25. The summed E-state index contributed by atoms with van der Waals surface area (Å²) in [5, 5.41) is 9.67. The van der Waals surface area contributed by atoms with Gasteiger partial charge in [0.15, 0.2) is 5.82 Å². The fourth-order valence-corrected chi connectivity index (χ4v) is 5.41. The fraction of sp³-hybridized carbons (Fsp3) is 0.0741. The molecule has 0 atom stereocenters. The number of para-hydroxylation sites is 1. The van der Waals surface area contributed by atoms with Crippen molar-refractivity contribution in [2.45, 2.75) is 11.4 Å². The maximum Gasteiger partial charge on any atom is 0.407 e. The number of carbonyl (C=O) groups excluding carboxylic acids is 2. The van der Waals surface area contributed by atoms with Crippen molar-refractivity contribution in [2.24, 2.45) is 0 Å². The molecule has 1 aromatic heterocycles. The third-order valence-corrected chi connectivity index (χ3v) is 7.85. The molecule has 3 aromatic carbocycles. The van der Waals surface area contributed by atoms with E-state index >= 15 is 0 Å². The molecule has 0 saturated heterocycles. The number of nitrogens with two attached hydrogens (primary N) is 1. The van der Waals surface area contributed by atoms with Gasteiger partial charge in [0, 0.05) is 12.1 Å². The Balaban J connectivity index is 1.12. The van der Waals surface area contributed by atoms with Gasteiger partial charge in [0.25, 0.3) is 5.91 Å². The Kier molecular flexibility index (Phi) is 6.88. The molecule has 0 saturated carbocycles. The van der Waals surface area contributed by atoms with Crippen LogP contribution in [0.15, 0.2) is 94.9 Å². The number of nitrogens with one attached hydrogen (secondary N) is 2. The Labute approximate surface area is 220 Å². The molecule has 11 heteroatoms. The van der Waals surface area contributed by atoms with Crippen LogP contribution in [0.2, 0.25) is 0 Å². The van der Waals surface area contributed by atoms with Crippen LogP contribution in [0.4, 0.5) is 16.3 Å². The van der Waals surface area contributed by atoms with Gasteiger partial charge in [-0.05, 0) is 47.5 Å². The minimum Gasteiger partial charge on any atom is -0.443 e. The molecule has 6 N–H and O–H groups in total. The minimum atomic E-state index is -3.16. The van der Waals surface area contributed by atoms with Gasteiger partial charge >= 0.3 is 6.09 Å². The topological polar surface area (TPSA) is 152 Å². The number of hydrogen-bond acceptors (Lipinski definition) is 7. The van der Waals surface area contributed by atoms with E-state index in [4.69, 9.17) is 10.5 Å². The quantitative estimate of drug-likeness (QED) is 0.223. The normalized spacial score (nSPS) is 14.2. The molecule has 0 fully saturated rings. The summed E-state index contributed by atoms with van der Waals surface area (Å²) in [4.78, 5) is 25.5. The monoisotopic (exact) mass is 531 g/mol. The molecule has 0 bridgehead atoms. The number of aromatic nitrogens is 2. The van der Waals surface area contributed by atoms with E-state index < -0.39 is 16.7 Å². The van der Waals surface area contributed by atoms with Gasteiger partial charge in [0.05, 0.1) is 27.4 Å². The number of amides is 2. The average molecular weight is 532 g/mol. The standard InChI is InChI=1S/C27H25N5O5S/c28-23-16-32(21-7-2-1-3-8-21)31-25(23)30-26(33)19-12-10-18(11-13-19)15-29-27(34)37-17-22-14-20-6-4-5-9-24(20)38(22,35)36/h1-14,16,35-36H,15,17,28H2,(H,29,34)(H,30,31,33). The van der Waals surface area contributed by atoms with E-state index in [1.807, 2.05) is 30.3 Å². The predicted octanol–water partition coefficient (Wildman–Crippen LogP) is 5.10. The van der Waals surface area contributed by atoms with E-state index in [1.54, 1.807) is 65.5 Å². The van der Waals surface area contributed by atoms with Gasteiger partial charge in [0.2, 0.25) is 0 Å². The summed E-state index contributed by atoms with van der Waals surface area (Å²) in [5.74, 6) is -0.122. The van der Waals surface area contributed by atoms with Gasteiger partial charge in [-0.2, -0.15) is 0 Å². The summed E-state index contributed by atoms with van der Waals surface area (Å²) in [5.41, 5.74) is 8.99. The molecule has 1 aliphatic rings. The van der Waals surface area contributed by atoms with Crippen LogP contribution in [0.5, 0.6) is 0 Å². The first-order valence-electron chi connectivity index (χ1n) is 11.6. The minimum absolute atomic E-state index is 0.157. The van der Waals surface area contributed by atoms with Gasteiger partial charge in [-0.3, -0.25) is 13.9 Å². The Morgan fingerprint density at radius 1 is 0.974 bits per heavy atom. The van der Waals surface area contributed by atoms with Crippen molar-refractivity contribution >= 4 is 40.2 Å². The molecular formula is C27H25N5O5S. The van der Waals surface area contributed by atoms with Crippen molar-refractivity contribution in [3.05, 3.63) is 107 Å². The summed E-state index contributed by atoms with van der Waals surface area (Å²) in [7, 11) is -3.16. The maximum absolute atomic E-state index is 12.7. The second-order valence-electron chi connectivity index (χ2n) is 8.49. The van der Waals surface area contributed by atoms with E-state index in [1.165, 1.54) is 0 Å². The number of carbonyl (C=O) groups is 2. The summed E-state index contributed by atoms with van der Waals surface area (Å²) in [6.45, 7) is -0.0875. The van der Waals surface area contributed by atoms with Crippen LogP contribution >= 0.6 is 10.6 Å². The molecule has 0 radical (unpaired) electrons. The number of nitrogens with zero attached hydrogens (tertiary/aromatic N) is 2. The van der Waals surface area contributed by atoms with Crippen molar-refractivity contribution in [1.29, 1.82) is 0 Å². The number of nitrogen functional groups attached to an aromatic ring is 1. The average Bonchev–Trinajstić information content (AvgIpc) is 3.42. The van der Waals surface area contributed by atoms with Crippen molar-refractivity contribution < 1.29 is 23.4 Å². The highest BCUT2D eigenvalue weighted by atomic mass is 32.3. The molecule has 0 aliphatic carbocycles. The van der Waals surface area contributed by atoms with Crippen LogP contribution in [-0.4, -0.2) is 37.5 Å². The summed E-state index contributed by atoms with van der Waals surface area (Å²) in [6, 6.07) is 23.0. The highest BCUT2D eigenvalue weighted by molar-refractivity contribution is 8.28. The van der Waals surface area contributed by atoms with Crippen molar-refractivity contribution in [3.8, 4) is 5.69 Å². The first-order chi connectivity index (χ1) is 18.3. The van der Waals surface area contributed by atoms with Crippen LogP contribution in [0.1, 0.15) is 21.5 Å². The largest absolute Gasteiger partial charge is 0.443 e. The van der Waals surface area contributed by atoms with Gasteiger partial charge < -0.3 is 21.1 Å². The lowest BCUT2D eigenvalue weighted by atomic mass is 10.1. The molecule has 0 unspecified atom stereocenters. The van der Waals surface area contributed by atoms with Crippen molar-refractivity contribution in [2.75, 3.05) is 17.7 Å². The zero-order chi connectivity index (χ0) is 26.7. The lowest BCUT2D eigenvalue weighted by Gasteiger charge is -2.30. The summed E-state index contributed by atoms with van der Waals surface area (Å²) in [6.07, 6.45) is 2.55. The number of alkyl carbamates (subject to hydrolysis) is 1. The van der Waals surface area contributed by atoms with Crippen LogP contribution in [0.25, 0.3) is 11.8 Å². The Morgan fingerprint density at radius 3 is 2.42 bits per heavy atom. The van der Waals surface area contributed by atoms with Crippen molar-refractivity contribution in [3.63, 3.8) is 0 Å². The Bertz CT molecular complexity index is 1520. The SMILES string of the molecule is Nc1cn(-c2ccccc2)nc1NC(=O)c1ccc(CNC(=O)OCC2=Cc3ccccc3S2(O)O)cc1. The second-order valence-corrected chi connectivity index (χ2v) is 10.6. The summed E-state index contributed by atoms with van der Waals surface area (Å²) < 4.78 is 27.7. The van der Waals surface area contributed by atoms with Gasteiger partial charge in [-0.15, -0.1) is 15.7 Å². The molecular weight excluding hydrogens is 506 g/mol. The molecule has 2 amide bonds. The third-order valence-electron chi connectivity index (χ3n) is 5.90. The number of rotatable bonds is 7. The van der Waals surface area contributed by atoms with E-state index in [2.05, 4.69) is 15.7 Å². The first kappa shape index (κ1) is 25.1. The van der Waals surface area contributed by atoms with Gasteiger partial charge in [-0.25, -0.2) is 9.48 Å². The molecule has 5 rings (SSSR count). The zero-order valence-electron chi connectivity index (χ0n) is 20.1. The van der Waals surface area contributed by atoms with Crippen LogP contribution < -0.4 is 16.4 Å². The second kappa shape index (κ2) is 10.4. The molecule has 4 aromatic rings. The highest BCUT2D eigenvalue weighted by Crippen LogP contribution is 2.61. The number of ether oxygens (including phenoxy) is 1. The number of fused-ring (bicyclic) bond motifs is 1. The predicted molar refractivity (Wildman–Crippen MR) is 146 cm³/mol. The maximum atomic E-state index is 12.7. The van der Waals surface area contributed by atoms with E-state index in [9.17, 15) is 18.7 Å². The van der Waals surface area contributed by atoms with Gasteiger partial charge in [0.1, 0.15) is 6.61 Å². The first-order valence-corrected chi connectivity index (χ1v) is 13.2. The zero-order valence-corrected chi connectivity index (χ0v) is 20.9. The van der Waals surface area contributed by atoms with Crippen LogP contribution in [-0.2, 0) is 11.3 Å². The fourth-order valence-electron chi connectivity index (χ4n) is 3.89. The molecule has 2 heterocycles. The number of anilines is 2. The smallest absolute Gasteiger partial charge is 0.407 e. The molecule has 38 heavy (non-hydrogen) atoms. The number of hydrogen-bond donors (Lipinski definition) is 5. The molecule has 10 nitrogen and oxygen atoms in total. The van der Waals surface area contributed by atoms with E-state index in [0.29, 0.717) is 21.7 Å². The van der Waals surface area contributed by atoms with Crippen LogP contribution in [0.3, 0.4) is 0 Å². The highest BCUT2D eigenvalue weighted by Gasteiger charge is 2.30. The van der Waals surface area contributed by atoms with Crippen LogP contribution in [0, 0.1) is 0 Å².